The summed E-state index contributed by atoms with van der Waals surface area (Å²) < 4.78 is 0.829. The van der Waals surface area contributed by atoms with Crippen molar-refractivity contribution >= 4 is 11.3 Å². The van der Waals surface area contributed by atoms with Crippen LogP contribution in [-0.2, 0) is 12.0 Å². The first-order valence-electron chi connectivity index (χ1n) is 9.23. The van der Waals surface area contributed by atoms with Crippen molar-refractivity contribution < 1.29 is 9.59 Å². The predicted molar refractivity (Wildman–Crippen MR) is 115 cm³/mol. The third kappa shape index (κ3) is 4.76. The highest BCUT2D eigenvalue weighted by molar-refractivity contribution is 7.15. The molecule has 0 aliphatic carbocycles. The summed E-state index contributed by atoms with van der Waals surface area (Å²) in [7, 11) is 6.52. The summed E-state index contributed by atoms with van der Waals surface area (Å²) in [6.07, 6.45) is 0. The number of thiazole rings is 1. The molecular formula is C23H29N2OS+. The molecule has 0 fully saturated rings. The molecule has 2 aromatic carbocycles. The van der Waals surface area contributed by atoms with Crippen molar-refractivity contribution in [2.75, 3.05) is 21.1 Å². The molecule has 3 nitrogen and oxygen atoms in total. The van der Waals surface area contributed by atoms with Crippen molar-refractivity contribution in [2.45, 2.75) is 32.7 Å². The van der Waals surface area contributed by atoms with E-state index in [0.717, 1.165) is 32.2 Å². The summed E-state index contributed by atoms with van der Waals surface area (Å²) in [5.74, 6) is 0.266. The zero-order chi connectivity index (χ0) is 19.8. The molecule has 0 radical (unpaired) electrons. The van der Waals surface area contributed by atoms with E-state index in [0.29, 0.717) is 0 Å². The monoisotopic (exact) mass is 381 g/mol. The summed E-state index contributed by atoms with van der Waals surface area (Å²) in [5, 5.41) is 11.0. The van der Waals surface area contributed by atoms with Crippen LogP contribution >= 0.6 is 11.3 Å². The lowest BCUT2D eigenvalue weighted by atomic mass is 9.86. The molecule has 3 aromatic rings. The van der Waals surface area contributed by atoms with Gasteiger partial charge in [-0.1, -0.05) is 57.2 Å². The van der Waals surface area contributed by atoms with Crippen molar-refractivity contribution in [3.05, 3.63) is 59.1 Å². The van der Waals surface area contributed by atoms with Crippen molar-refractivity contribution in [2.24, 2.45) is 0 Å². The molecule has 0 aliphatic heterocycles. The molecule has 0 amide bonds. The fraction of sp³-hybridized carbons (Fsp3) is 0.348. The van der Waals surface area contributed by atoms with Gasteiger partial charge in [0.25, 0.3) is 0 Å². The van der Waals surface area contributed by atoms with Gasteiger partial charge in [-0.2, -0.15) is 0 Å². The number of benzene rings is 2. The normalized spacial score (nSPS) is 12.4. The van der Waals surface area contributed by atoms with Gasteiger partial charge in [0.05, 0.1) is 31.7 Å². The van der Waals surface area contributed by atoms with Gasteiger partial charge in [-0.05, 0) is 28.7 Å². The maximum Gasteiger partial charge on any atom is 0.148 e. The molecule has 3 rings (SSSR count). The Hall–Kier alpha value is -2.17. The highest BCUT2D eigenvalue weighted by atomic mass is 32.1. The quantitative estimate of drug-likeness (QED) is 0.589. The van der Waals surface area contributed by atoms with Gasteiger partial charge >= 0.3 is 0 Å². The van der Waals surface area contributed by atoms with E-state index in [-0.39, 0.29) is 11.2 Å². The van der Waals surface area contributed by atoms with Gasteiger partial charge in [-0.3, -0.25) is 0 Å². The number of aromatic hydroxyl groups is 1. The van der Waals surface area contributed by atoms with E-state index < -0.39 is 0 Å². The lowest BCUT2D eigenvalue weighted by Crippen LogP contribution is -2.33. The predicted octanol–water partition coefficient (Wildman–Crippen LogP) is 5.69. The number of hydrogen-bond acceptors (Lipinski definition) is 3. The van der Waals surface area contributed by atoms with E-state index in [4.69, 9.17) is 4.98 Å². The summed E-state index contributed by atoms with van der Waals surface area (Å²) in [6, 6.07) is 16.2. The second-order valence-corrected chi connectivity index (χ2v) is 10.2. The third-order valence-corrected chi connectivity index (χ3v) is 5.50. The average molecular weight is 382 g/mol. The SMILES string of the molecule is CC(C)(C)c1ccc(-c2sc(C[N+](C)(C)C)nc2-c2cccc(O)c2)cc1. The first-order valence-corrected chi connectivity index (χ1v) is 10.0. The molecule has 0 aliphatic rings. The average Bonchev–Trinajstić information content (AvgIpc) is 2.96. The Kier molecular flexibility index (Phi) is 5.15. The highest BCUT2D eigenvalue weighted by Crippen LogP contribution is 2.39. The van der Waals surface area contributed by atoms with Gasteiger partial charge < -0.3 is 9.59 Å². The van der Waals surface area contributed by atoms with Crippen LogP contribution in [0.4, 0.5) is 0 Å². The standard InChI is InChI=1S/C23H28N2OS/c1-23(2,3)18-12-10-16(11-13-18)22-21(17-8-7-9-19(26)14-17)24-20(27-22)15-25(4,5)6/h7-14H,15H2,1-6H3/p+1. The van der Waals surface area contributed by atoms with E-state index >= 15 is 0 Å². The van der Waals surface area contributed by atoms with E-state index in [1.165, 1.54) is 11.1 Å². The molecule has 4 heteroatoms. The molecule has 0 unspecified atom stereocenters. The highest BCUT2D eigenvalue weighted by Gasteiger charge is 2.20. The van der Waals surface area contributed by atoms with Crippen LogP contribution in [0.3, 0.4) is 0 Å². The van der Waals surface area contributed by atoms with Crippen molar-refractivity contribution in [3.8, 4) is 27.4 Å². The van der Waals surface area contributed by atoms with Crippen molar-refractivity contribution in [1.29, 1.82) is 0 Å². The van der Waals surface area contributed by atoms with E-state index in [9.17, 15) is 5.11 Å². The van der Waals surface area contributed by atoms with E-state index in [1.54, 1.807) is 23.5 Å². The maximum absolute atomic E-state index is 9.93. The summed E-state index contributed by atoms with van der Waals surface area (Å²) in [5.41, 5.74) is 4.53. The molecule has 0 spiro atoms. The van der Waals surface area contributed by atoms with Gasteiger partial charge in [0.1, 0.15) is 17.3 Å². The summed E-state index contributed by atoms with van der Waals surface area (Å²) in [6.45, 7) is 7.56. The topological polar surface area (TPSA) is 33.1 Å². The number of phenols is 1. The second kappa shape index (κ2) is 7.10. The fourth-order valence-corrected chi connectivity index (χ4v) is 4.34. The minimum atomic E-state index is 0.134. The van der Waals surface area contributed by atoms with Gasteiger partial charge in [0.2, 0.25) is 0 Å². The van der Waals surface area contributed by atoms with Gasteiger partial charge in [-0.15, -0.1) is 11.3 Å². The number of rotatable bonds is 4. The molecule has 1 N–H and O–H groups in total. The zero-order valence-corrected chi connectivity index (χ0v) is 17.9. The van der Waals surface area contributed by atoms with Crippen molar-refractivity contribution in [1.82, 2.24) is 4.98 Å². The number of hydrogen-bond donors (Lipinski definition) is 1. The third-order valence-electron chi connectivity index (χ3n) is 4.41. The first kappa shape index (κ1) is 19.6. The minimum absolute atomic E-state index is 0.134. The largest absolute Gasteiger partial charge is 0.508 e. The molecule has 0 bridgehead atoms. The first-order chi connectivity index (χ1) is 12.5. The Labute approximate surface area is 166 Å². The smallest absolute Gasteiger partial charge is 0.148 e. The van der Waals surface area contributed by atoms with Crippen LogP contribution in [-0.4, -0.2) is 35.7 Å². The molecule has 0 saturated heterocycles. The fourth-order valence-electron chi connectivity index (χ4n) is 3.00. The van der Waals surface area contributed by atoms with Crippen LogP contribution in [0, 0.1) is 0 Å². The molecular weight excluding hydrogens is 352 g/mol. The molecule has 0 atom stereocenters. The van der Waals surface area contributed by atoms with Crippen LogP contribution in [0.2, 0.25) is 0 Å². The van der Waals surface area contributed by atoms with Crippen LogP contribution in [0.5, 0.6) is 5.75 Å². The van der Waals surface area contributed by atoms with Crippen LogP contribution in [0.15, 0.2) is 48.5 Å². The van der Waals surface area contributed by atoms with Crippen LogP contribution in [0.1, 0.15) is 31.3 Å². The maximum atomic E-state index is 9.93. The lowest BCUT2D eigenvalue weighted by molar-refractivity contribution is -0.883. The van der Waals surface area contributed by atoms with Gasteiger partial charge in [0, 0.05) is 5.56 Å². The Morgan fingerprint density at radius 2 is 1.63 bits per heavy atom. The zero-order valence-electron chi connectivity index (χ0n) is 17.1. The Morgan fingerprint density at radius 1 is 0.963 bits per heavy atom. The number of nitrogens with zero attached hydrogens (tertiary/aromatic N) is 2. The molecule has 0 saturated carbocycles. The molecule has 1 heterocycles. The van der Waals surface area contributed by atoms with Crippen LogP contribution in [0.25, 0.3) is 21.7 Å². The molecule has 142 valence electrons. The Morgan fingerprint density at radius 3 is 2.19 bits per heavy atom. The lowest BCUT2D eigenvalue weighted by Gasteiger charge is -2.22. The number of quaternary nitrogens is 1. The van der Waals surface area contributed by atoms with E-state index in [2.05, 4.69) is 66.2 Å². The van der Waals surface area contributed by atoms with Gasteiger partial charge in [0.15, 0.2) is 0 Å². The van der Waals surface area contributed by atoms with Crippen LogP contribution < -0.4 is 0 Å². The summed E-state index contributed by atoms with van der Waals surface area (Å²) in [4.78, 5) is 6.10. The van der Waals surface area contributed by atoms with Crippen molar-refractivity contribution in [3.63, 3.8) is 0 Å². The number of aromatic nitrogens is 1. The Bertz CT molecular complexity index is 928. The number of phenolic OH excluding ortho intramolecular Hbond substituents is 1. The molecule has 27 heavy (non-hydrogen) atoms. The summed E-state index contributed by atoms with van der Waals surface area (Å²) >= 11 is 1.75. The molecule has 1 aromatic heterocycles. The van der Waals surface area contributed by atoms with E-state index in [1.807, 2.05) is 12.1 Å². The minimum Gasteiger partial charge on any atom is -0.508 e. The second-order valence-electron chi connectivity index (χ2n) is 9.11. The Balaban J connectivity index is 2.10. The van der Waals surface area contributed by atoms with Gasteiger partial charge in [-0.25, -0.2) is 4.98 Å².